The van der Waals surface area contributed by atoms with E-state index in [1.54, 1.807) is 17.7 Å². The van der Waals surface area contributed by atoms with Gasteiger partial charge in [-0.25, -0.2) is 19.7 Å². The molecule has 0 aliphatic heterocycles. The summed E-state index contributed by atoms with van der Waals surface area (Å²) in [6.45, 7) is 7.97. The monoisotopic (exact) mass is 450 g/mol. The van der Waals surface area contributed by atoms with Gasteiger partial charge in [0.1, 0.15) is 22.4 Å². The first-order valence-corrected chi connectivity index (χ1v) is 10.7. The molecule has 0 bridgehead atoms. The molecule has 0 saturated carbocycles. The molecule has 1 N–H and O–H groups in total. The van der Waals surface area contributed by atoms with Crippen molar-refractivity contribution in [1.29, 1.82) is 0 Å². The molecule has 0 aliphatic rings. The zero-order valence-electron chi connectivity index (χ0n) is 18.3. The maximum absolute atomic E-state index is 12.6. The fourth-order valence-corrected chi connectivity index (χ4v) is 3.66. The molecule has 0 atom stereocenters. The van der Waals surface area contributed by atoms with Gasteiger partial charge in [-0.3, -0.25) is 0 Å². The Hall–Kier alpha value is -3.52. The van der Waals surface area contributed by atoms with Crippen LogP contribution in [0.25, 0.3) is 16.7 Å². The highest BCUT2D eigenvalue weighted by molar-refractivity contribution is 6.29. The zero-order valence-corrected chi connectivity index (χ0v) is 19.1. The minimum absolute atomic E-state index is 0.245. The Morgan fingerprint density at radius 3 is 2.69 bits per heavy atom. The highest BCUT2D eigenvalue weighted by Crippen LogP contribution is 2.28. The van der Waals surface area contributed by atoms with E-state index >= 15 is 0 Å². The number of benzene rings is 1. The highest BCUT2D eigenvalue weighted by atomic mass is 35.5. The molecule has 4 rings (SSSR count). The molecule has 32 heavy (non-hydrogen) atoms. The summed E-state index contributed by atoms with van der Waals surface area (Å²) in [7, 11) is 0. The maximum Gasteiger partial charge on any atom is 0.343 e. The quantitative estimate of drug-likeness (QED) is 0.327. The standard InChI is InChI=1S/C23H23ClN6O2/c1-5-18-26-17(24)11-19(27-18)28-22-16(23(31)32-6-2)12-25-30(22)20-10-14(4)15-9-7-8-13(3)21(15)29-20/h7-12H,5-6H2,1-4H3,(H,26,27,28). The van der Waals surface area contributed by atoms with Crippen molar-refractivity contribution in [2.75, 3.05) is 11.9 Å². The third-order valence-corrected chi connectivity index (χ3v) is 5.21. The van der Waals surface area contributed by atoms with E-state index in [1.165, 1.54) is 6.20 Å². The number of rotatable bonds is 6. The molecule has 1 aromatic carbocycles. The molecule has 0 amide bonds. The van der Waals surface area contributed by atoms with Crippen molar-refractivity contribution in [2.24, 2.45) is 0 Å². The number of carbonyl (C=O) groups excluding carboxylic acids is 1. The predicted octanol–water partition coefficient (Wildman–Crippen LogP) is 4.96. The van der Waals surface area contributed by atoms with Crippen molar-refractivity contribution in [3.63, 3.8) is 0 Å². The van der Waals surface area contributed by atoms with E-state index < -0.39 is 5.97 Å². The van der Waals surface area contributed by atoms with Crippen LogP contribution < -0.4 is 5.32 Å². The number of esters is 1. The summed E-state index contributed by atoms with van der Waals surface area (Å²) in [5.41, 5.74) is 3.24. The molecule has 164 valence electrons. The Balaban J connectivity index is 1.88. The molecule has 0 unspecified atom stereocenters. The van der Waals surface area contributed by atoms with Gasteiger partial charge in [-0.2, -0.15) is 9.78 Å². The zero-order chi connectivity index (χ0) is 22.8. The fraction of sp³-hybridized carbons (Fsp3) is 0.261. The van der Waals surface area contributed by atoms with Crippen molar-refractivity contribution in [3.05, 3.63) is 64.2 Å². The second-order valence-corrected chi connectivity index (χ2v) is 7.67. The molecule has 3 aromatic heterocycles. The molecular formula is C23H23ClN6O2. The maximum atomic E-state index is 12.6. The number of para-hydroxylation sites is 1. The number of hydrogen-bond acceptors (Lipinski definition) is 7. The Morgan fingerprint density at radius 1 is 1.12 bits per heavy atom. The number of pyridine rings is 1. The normalized spacial score (nSPS) is 11.0. The second kappa shape index (κ2) is 8.92. The van der Waals surface area contributed by atoms with Crippen LogP contribution in [0.5, 0.6) is 0 Å². The Bertz CT molecular complexity index is 1320. The van der Waals surface area contributed by atoms with Crippen molar-refractivity contribution in [1.82, 2.24) is 24.7 Å². The van der Waals surface area contributed by atoms with Crippen molar-refractivity contribution < 1.29 is 9.53 Å². The number of anilines is 2. The summed E-state index contributed by atoms with van der Waals surface area (Å²) in [6, 6.07) is 9.58. The van der Waals surface area contributed by atoms with Crippen LogP contribution in [0.3, 0.4) is 0 Å². The van der Waals surface area contributed by atoms with Gasteiger partial charge < -0.3 is 10.1 Å². The number of nitrogens with zero attached hydrogens (tertiary/aromatic N) is 5. The molecular weight excluding hydrogens is 428 g/mol. The number of ether oxygens (including phenoxy) is 1. The molecule has 0 radical (unpaired) electrons. The van der Waals surface area contributed by atoms with E-state index in [0.717, 1.165) is 22.0 Å². The third-order valence-electron chi connectivity index (χ3n) is 5.02. The predicted molar refractivity (Wildman–Crippen MR) is 124 cm³/mol. The van der Waals surface area contributed by atoms with Gasteiger partial charge in [-0.05, 0) is 38.0 Å². The van der Waals surface area contributed by atoms with E-state index in [2.05, 4.69) is 20.4 Å². The molecule has 4 aromatic rings. The Labute approximate surface area is 190 Å². The Kier molecular flexibility index (Phi) is 6.05. The second-order valence-electron chi connectivity index (χ2n) is 7.28. The minimum Gasteiger partial charge on any atom is -0.462 e. The van der Waals surface area contributed by atoms with Gasteiger partial charge in [0.05, 0.1) is 18.3 Å². The van der Waals surface area contributed by atoms with Crippen LogP contribution in [0.1, 0.15) is 41.2 Å². The van der Waals surface area contributed by atoms with Gasteiger partial charge in [-0.15, -0.1) is 0 Å². The van der Waals surface area contributed by atoms with Gasteiger partial charge in [0.15, 0.2) is 11.6 Å². The number of hydrogen-bond donors (Lipinski definition) is 1. The molecule has 9 heteroatoms. The van der Waals surface area contributed by atoms with Crippen molar-refractivity contribution in [3.8, 4) is 5.82 Å². The number of aromatic nitrogens is 5. The number of carbonyl (C=O) groups is 1. The lowest BCUT2D eigenvalue weighted by Crippen LogP contribution is -2.11. The van der Waals surface area contributed by atoms with Gasteiger partial charge >= 0.3 is 5.97 Å². The van der Waals surface area contributed by atoms with E-state index in [4.69, 9.17) is 21.3 Å². The molecule has 0 aliphatic carbocycles. The van der Waals surface area contributed by atoms with Gasteiger partial charge in [0.2, 0.25) is 0 Å². The summed E-state index contributed by atoms with van der Waals surface area (Å²) < 4.78 is 6.80. The minimum atomic E-state index is -0.495. The summed E-state index contributed by atoms with van der Waals surface area (Å²) in [5, 5.41) is 8.99. The van der Waals surface area contributed by atoms with Crippen LogP contribution in [0.15, 0.2) is 36.5 Å². The first-order chi connectivity index (χ1) is 15.4. The smallest absolute Gasteiger partial charge is 0.343 e. The lowest BCUT2D eigenvalue weighted by Gasteiger charge is -2.13. The SMILES string of the molecule is CCOC(=O)c1cnn(-c2cc(C)c3cccc(C)c3n2)c1Nc1cc(Cl)nc(CC)n1. The average Bonchev–Trinajstić information content (AvgIpc) is 3.17. The van der Waals surface area contributed by atoms with Gasteiger partial charge in [0.25, 0.3) is 0 Å². The van der Waals surface area contributed by atoms with Crippen LogP contribution in [-0.2, 0) is 11.2 Å². The van der Waals surface area contributed by atoms with E-state index in [-0.39, 0.29) is 12.2 Å². The van der Waals surface area contributed by atoms with E-state index in [1.807, 2.05) is 45.0 Å². The van der Waals surface area contributed by atoms with Crippen molar-refractivity contribution >= 4 is 40.1 Å². The topological polar surface area (TPSA) is 94.8 Å². The lowest BCUT2D eigenvalue weighted by atomic mass is 10.1. The summed E-state index contributed by atoms with van der Waals surface area (Å²) >= 11 is 6.16. The number of halogens is 1. The number of aryl methyl sites for hydroxylation is 3. The number of nitrogens with one attached hydrogen (secondary N) is 1. The average molecular weight is 451 g/mol. The van der Waals surface area contributed by atoms with E-state index in [9.17, 15) is 4.79 Å². The lowest BCUT2D eigenvalue weighted by molar-refractivity contribution is 0.0527. The van der Waals surface area contributed by atoms with Gasteiger partial charge in [0, 0.05) is 17.9 Å². The number of fused-ring (bicyclic) bond motifs is 1. The van der Waals surface area contributed by atoms with Crippen LogP contribution in [0, 0.1) is 13.8 Å². The molecule has 0 spiro atoms. The van der Waals surface area contributed by atoms with E-state index in [0.29, 0.717) is 34.9 Å². The van der Waals surface area contributed by atoms with Crippen LogP contribution in [0.4, 0.5) is 11.6 Å². The fourth-order valence-electron chi connectivity index (χ4n) is 3.46. The van der Waals surface area contributed by atoms with Crippen LogP contribution in [0.2, 0.25) is 5.15 Å². The first kappa shape index (κ1) is 21.7. The summed E-state index contributed by atoms with van der Waals surface area (Å²) in [6.07, 6.45) is 2.08. The molecule has 3 heterocycles. The van der Waals surface area contributed by atoms with Crippen LogP contribution in [-0.4, -0.2) is 37.3 Å². The largest absolute Gasteiger partial charge is 0.462 e. The third kappa shape index (κ3) is 4.13. The summed E-state index contributed by atoms with van der Waals surface area (Å²) in [5.74, 6) is 1.49. The molecule has 0 fully saturated rings. The molecule has 8 nitrogen and oxygen atoms in total. The Morgan fingerprint density at radius 2 is 1.94 bits per heavy atom. The first-order valence-electron chi connectivity index (χ1n) is 10.3. The molecule has 0 saturated heterocycles. The van der Waals surface area contributed by atoms with Crippen LogP contribution >= 0.6 is 11.6 Å². The highest BCUT2D eigenvalue weighted by Gasteiger charge is 2.22. The van der Waals surface area contributed by atoms with Crippen molar-refractivity contribution in [2.45, 2.75) is 34.1 Å². The van der Waals surface area contributed by atoms with Gasteiger partial charge in [-0.1, -0.05) is 36.7 Å². The summed E-state index contributed by atoms with van der Waals surface area (Å²) in [4.78, 5) is 26.1.